The van der Waals surface area contributed by atoms with Crippen LogP contribution < -0.4 is 11.1 Å². The lowest BCUT2D eigenvalue weighted by Gasteiger charge is -2.37. The smallest absolute Gasteiger partial charge is 0.201 e. The standard InChI is InChI=1S/C13H20N4O/c1-12(2,13(3,4)18)17-11-15-9-6-5-8(14)7-10(9)16-11/h5-7,18H,14H2,1-4H3,(H2,15,16,17). The molecule has 98 valence electrons. The SMILES string of the molecule is CC(C)(O)C(C)(C)Nc1nc2ccc(N)cc2[nH]1. The molecule has 1 aromatic heterocycles. The Morgan fingerprint density at radius 3 is 2.56 bits per heavy atom. The van der Waals surface area contributed by atoms with E-state index in [1.165, 1.54) is 0 Å². The zero-order valence-electron chi connectivity index (χ0n) is 11.2. The number of aliphatic hydroxyl groups is 1. The van der Waals surface area contributed by atoms with Gasteiger partial charge < -0.3 is 21.1 Å². The first-order valence-electron chi connectivity index (χ1n) is 5.95. The molecule has 0 fully saturated rings. The number of nitrogens with zero attached hydrogens (tertiary/aromatic N) is 1. The molecule has 0 aliphatic heterocycles. The highest BCUT2D eigenvalue weighted by molar-refractivity contribution is 5.80. The Bertz CT molecular complexity index is 566. The molecule has 0 spiro atoms. The Morgan fingerprint density at radius 1 is 1.28 bits per heavy atom. The number of anilines is 2. The number of aromatic amines is 1. The van der Waals surface area contributed by atoms with Crippen LogP contribution in [0.25, 0.3) is 11.0 Å². The number of nitrogens with one attached hydrogen (secondary N) is 2. The molecule has 0 bridgehead atoms. The van der Waals surface area contributed by atoms with Crippen LogP contribution in [0.1, 0.15) is 27.7 Å². The van der Waals surface area contributed by atoms with Gasteiger partial charge in [0.05, 0.1) is 22.2 Å². The van der Waals surface area contributed by atoms with E-state index in [-0.39, 0.29) is 0 Å². The molecule has 0 saturated heterocycles. The second-order valence-electron chi connectivity index (χ2n) is 5.67. The third-order valence-electron chi connectivity index (χ3n) is 3.47. The quantitative estimate of drug-likeness (QED) is 0.626. The molecule has 18 heavy (non-hydrogen) atoms. The molecule has 0 aliphatic carbocycles. The molecule has 2 rings (SSSR count). The molecule has 0 atom stereocenters. The van der Waals surface area contributed by atoms with Gasteiger partial charge in [0.15, 0.2) is 0 Å². The third-order valence-corrected chi connectivity index (χ3v) is 3.47. The van der Waals surface area contributed by atoms with Gasteiger partial charge in [-0.1, -0.05) is 0 Å². The summed E-state index contributed by atoms with van der Waals surface area (Å²) in [4.78, 5) is 7.57. The van der Waals surface area contributed by atoms with E-state index in [2.05, 4.69) is 15.3 Å². The van der Waals surface area contributed by atoms with Crippen LogP contribution in [-0.2, 0) is 0 Å². The minimum Gasteiger partial charge on any atom is -0.399 e. The third kappa shape index (κ3) is 2.26. The van der Waals surface area contributed by atoms with Crippen molar-refractivity contribution in [2.24, 2.45) is 0 Å². The summed E-state index contributed by atoms with van der Waals surface area (Å²) in [6, 6.07) is 5.52. The summed E-state index contributed by atoms with van der Waals surface area (Å²) in [7, 11) is 0. The molecule has 1 aromatic carbocycles. The van der Waals surface area contributed by atoms with Crippen molar-refractivity contribution in [3.8, 4) is 0 Å². The van der Waals surface area contributed by atoms with Crippen LogP contribution in [0.2, 0.25) is 0 Å². The van der Waals surface area contributed by atoms with Gasteiger partial charge in [0.2, 0.25) is 5.95 Å². The summed E-state index contributed by atoms with van der Waals surface area (Å²) in [5, 5.41) is 13.3. The summed E-state index contributed by atoms with van der Waals surface area (Å²) in [6.45, 7) is 7.38. The number of nitrogen functional groups attached to an aromatic ring is 1. The Morgan fingerprint density at radius 2 is 1.94 bits per heavy atom. The van der Waals surface area contributed by atoms with Crippen LogP contribution in [0, 0.1) is 0 Å². The first-order chi connectivity index (χ1) is 8.19. The fourth-order valence-corrected chi connectivity index (χ4v) is 1.54. The van der Waals surface area contributed by atoms with E-state index in [1.54, 1.807) is 13.8 Å². The van der Waals surface area contributed by atoms with Gasteiger partial charge >= 0.3 is 0 Å². The van der Waals surface area contributed by atoms with Gasteiger partial charge in [-0.05, 0) is 45.9 Å². The van der Waals surface area contributed by atoms with Crippen LogP contribution in [0.4, 0.5) is 11.6 Å². The van der Waals surface area contributed by atoms with Gasteiger partial charge in [-0.15, -0.1) is 0 Å². The number of fused-ring (bicyclic) bond motifs is 1. The van der Waals surface area contributed by atoms with E-state index < -0.39 is 11.1 Å². The highest BCUT2D eigenvalue weighted by Crippen LogP contribution is 2.26. The van der Waals surface area contributed by atoms with E-state index in [4.69, 9.17) is 5.73 Å². The first-order valence-corrected chi connectivity index (χ1v) is 5.95. The van der Waals surface area contributed by atoms with Gasteiger partial charge in [0, 0.05) is 5.69 Å². The van der Waals surface area contributed by atoms with Crippen molar-refractivity contribution >= 4 is 22.7 Å². The number of hydrogen-bond donors (Lipinski definition) is 4. The monoisotopic (exact) mass is 248 g/mol. The van der Waals surface area contributed by atoms with Crippen LogP contribution in [0.3, 0.4) is 0 Å². The van der Waals surface area contributed by atoms with Gasteiger partial charge in [-0.3, -0.25) is 0 Å². The molecule has 5 heteroatoms. The number of rotatable bonds is 3. The normalized spacial score (nSPS) is 12.9. The van der Waals surface area contributed by atoms with E-state index in [1.807, 2.05) is 32.0 Å². The molecule has 5 nitrogen and oxygen atoms in total. The molecular formula is C13H20N4O. The molecular weight excluding hydrogens is 228 g/mol. The average Bonchev–Trinajstić information content (AvgIpc) is 2.56. The van der Waals surface area contributed by atoms with E-state index in [9.17, 15) is 5.11 Å². The predicted octanol–water partition coefficient (Wildman–Crippen LogP) is 2.11. The van der Waals surface area contributed by atoms with Gasteiger partial charge in [-0.2, -0.15) is 0 Å². The van der Waals surface area contributed by atoms with Gasteiger partial charge in [-0.25, -0.2) is 4.98 Å². The minimum atomic E-state index is -0.870. The maximum atomic E-state index is 10.1. The molecule has 1 heterocycles. The predicted molar refractivity (Wildman–Crippen MR) is 74.5 cm³/mol. The number of H-pyrrole nitrogens is 1. The second-order valence-corrected chi connectivity index (χ2v) is 5.67. The Hall–Kier alpha value is -1.75. The molecule has 0 radical (unpaired) electrons. The van der Waals surface area contributed by atoms with Crippen molar-refractivity contribution < 1.29 is 5.11 Å². The van der Waals surface area contributed by atoms with Crippen molar-refractivity contribution in [3.63, 3.8) is 0 Å². The Labute approximate surface area is 106 Å². The minimum absolute atomic E-state index is 0.508. The van der Waals surface area contributed by atoms with E-state index >= 15 is 0 Å². The lowest BCUT2D eigenvalue weighted by atomic mass is 9.86. The highest BCUT2D eigenvalue weighted by Gasteiger charge is 2.35. The summed E-state index contributed by atoms with van der Waals surface area (Å²) in [6.07, 6.45) is 0. The number of nitrogens with two attached hydrogens (primary N) is 1. The number of imidazole rings is 1. The maximum Gasteiger partial charge on any atom is 0.201 e. The summed E-state index contributed by atoms with van der Waals surface area (Å²) >= 11 is 0. The molecule has 5 N–H and O–H groups in total. The molecule has 0 saturated carbocycles. The molecule has 0 amide bonds. The fourth-order valence-electron chi connectivity index (χ4n) is 1.54. The van der Waals surface area contributed by atoms with Crippen molar-refractivity contribution in [2.45, 2.75) is 38.8 Å². The average molecular weight is 248 g/mol. The van der Waals surface area contributed by atoms with Crippen LogP contribution in [0.5, 0.6) is 0 Å². The maximum absolute atomic E-state index is 10.1. The summed E-state index contributed by atoms with van der Waals surface area (Å²) in [5.74, 6) is 0.628. The zero-order chi connectivity index (χ0) is 13.6. The van der Waals surface area contributed by atoms with Gasteiger partial charge in [0.25, 0.3) is 0 Å². The van der Waals surface area contributed by atoms with Crippen molar-refractivity contribution in [3.05, 3.63) is 18.2 Å². The summed E-state index contributed by atoms with van der Waals surface area (Å²) in [5.41, 5.74) is 6.76. The first kappa shape index (κ1) is 12.7. The lowest BCUT2D eigenvalue weighted by Crippen LogP contribution is -2.51. The molecule has 0 aliphatic rings. The fraction of sp³-hybridized carbons (Fsp3) is 0.462. The van der Waals surface area contributed by atoms with Crippen LogP contribution in [0.15, 0.2) is 18.2 Å². The largest absolute Gasteiger partial charge is 0.399 e. The number of hydrogen-bond acceptors (Lipinski definition) is 4. The van der Waals surface area contributed by atoms with Crippen molar-refractivity contribution in [1.82, 2.24) is 9.97 Å². The molecule has 0 unspecified atom stereocenters. The highest BCUT2D eigenvalue weighted by atomic mass is 16.3. The Kier molecular flexibility index (Phi) is 2.74. The summed E-state index contributed by atoms with van der Waals surface area (Å²) < 4.78 is 0. The number of aromatic nitrogens is 2. The zero-order valence-corrected chi connectivity index (χ0v) is 11.2. The van der Waals surface area contributed by atoms with E-state index in [0.717, 1.165) is 11.0 Å². The van der Waals surface area contributed by atoms with Gasteiger partial charge in [0.1, 0.15) is 0 Å². The van der Waals surface area contributed by atoms with Crippen molar-refractivity contribution in [2.75, 3.05) is 11.1 Å². The lowest BCUT2D eigenvalue weighted by molar-refractivity contribution is 0.0237. The van der Waals surface area contributed by atoms with E-state index in [0.29, 0.717) is 11.6 Å². The Balaban J connectivity index is 2.33. The van der Waals surface area contributed by atoms with Crippen LogP contribution >= 0.6 is 0 Å². The topological polar surface area (TPSA) is 87.0 Å². The molecule has 2 aromatic rings. The van der Waals surface area contributed by atoms with Crippen molar-refractivity contribution in [1.29, 1.82) is 0 Å². The number of benzene rings is 1. The second kappa shape index (κ2) is 3.88. The van der Waals surface area contributed by atoms with Crippen LogP contribution in [-0.4, -0.2) is 26.2 Å².